The molecule has 4 fully saturated rings. The van der Waals surface area contributed by atoms with Gasteiger partial charge in [-0.3, -0.25) is 4.79 Å². The molecule has 0 radical (unpaired) electrons. The Morgan fingerprint density at radius 2 is 1.71 bits per heavy atom. The molecule has 0 unspecified atom stereocenters. The number of hydrogen-bond donors (Lipinski definition) is 2. The van der Waals surface area contributed by atoms with Crippen LogP contribution in [0.4, 0.5) is 0 Å². The Balaban J connectivity index is 1.69. The van der Waals surface area contributed by atoms with Gasteiger partial charge in [0.25, 0.3) is 0 Å². The Bertz CT molecular complexity index is 422. The lowest BCUT2D eigenvalue weighted by molar-refractivity contribution is -0.151. The summed E-state index contributed by atoms with van der Waals surface area (Å²) in [6.07, 6.45) is 9.50. The predicted molar refractivity (Wildman–Crippen MR) is 79.6 cm³/mol. The third-order valence-electron chi connectivity index (χ3n) is 5.78. The van der Waals surface area contributed by atoms with Gasteiger partial charge in [0.15, 0.2) is 0 Å². The van der Waals surface area contributed by atoms with Crippen molar-refractivity contribution < 1.29 is 14.7 Å². The van der Waals surface area contributed by atoms with Crippen molar-refractivity contribution in [1.82, 2.24) is 5.32 Å². The van der Waals surface area contributed by atoms with Crippen molar-refractivity contribution in [1.29, 1.82) is 0 Å². The summed E-state index contributed by atoms with van der Waals surface area (Å²) in [5.41, 5.74) is -0.267. The number of hydrogen-bond acceptors (Lipinski definition) is 2. The Kier molecular flexibility index (Phi) is 3.80. The largest absolute Gasteiger partial charge is 0.480 e. The predicted octanol–water partition coefficient (Wildman–Crippen LogP) is 2.74. The second-order valence-electron chi connectivity index (χ2n) is 7.43. The fourth-order valence-corrected chi connectivity index (χ4v) is 5.24. The number of carboxylic acids is 1. The molecular weight excluding hydrogens is 266 g/mol. The molecule has 0 aromatic heterocycles. The van der Waals surface area contributed by atoms with E-state index in [4.69, 9.17) is 0 Å². The molecule has 4 heteroatoms. The van der Waals surface area contributed by atoms with Crippen molar-refractivity contribution in [3.8, 4) is 0 Å². The first-order valence-corrected chi connectivity index (χ1v) is 8.17. The summed E-state index contributed by atoms with van der Waals surface area (Å²) in [7, 11) is 0. The summed E-state index contributed by atoms with van der Waals surface area (Å²) in [6.45, 7) is 3.62. The first-order valence-electron chi connectivity index (χ1n) is 8.17. The number of carbonyl (C=O) groups excluding carboxylic acids is 1. The van der Waals surface area contributed by atoms with Crippen LogP contribution in [0.15, 0.2) is 12.7 Å². The summed E-state index contributed by atoms with van der Waals surface area (Å²) in [5.74, 6) is 1.14. The van der Waals surface area contributed by atoms with Crippen LogP contribution in [-0.4, -0.2) is 23.0 Å². The van der Waals surface area contributed by atoms with Crippen LogP contribution in [0.1, 0.15) is 51.4 Å². The van der Waals surface area contributed by atoms with Crippen LogP contribution in [0.25, 0.3) is 0 Å². The Hall–Kier alpha value is -1.32. The zero-order valence-electron chi connectivity index (χ0n) is 12.5. The van der Waals surface area contributed by atoms with Crippen molar-refractivity contribution in [3.63, 3.8) is 0 Å². The number of amides is 1. The van der Waals surface area contributed by atoms with Gasteiger partial charge in [0.1, 0.15) is 6.04 Å². The number of carboxylic acid groups (broad SMARTS) is 1. The molecule has 4 saturated carbocycles. The van der Waals surface area contributed by atoms with Gasteiger partial charge in [-0.05, 0) is 69.1 Å². The standard InChI is InChI=1S/C17H25NO3/c1-2-3-4-14(15(19)20)18-16(21)17-8-11-5-12(9-17)7-13(6-11)10-17/h2,11-14H,1,3-10H2,(H,18,21)(H,19,20)/t11?,12?,13?,14-,17?/m1/s1. The van der Waals surface area contributed by atoms with Crippen LogP contribution in [0.3, 0.4) is 0 Å². The van der Waals surface area contributed by atoms with Gasteiger partial charge >= 0.3 is 5.97 Å². The Morgan fingerprint density at radius 3 is 2.14 bits per heavy atom. The zero-order chi connectivity index (χ0) is 15.0. The highest BCUT2D eigenvalue weighted by Gasteiger charge is 2.54. The molecule has 1 atom stereocenters. The van der Waals surface area contributed by atoms with Crippen molar-refractivity contribution in [3.05, 3.63) is 12.7 Å². The lowest BCUT2D eigenvalue weighted by atomic mass is 9.49. The minimum Gasteiger partial charge on any atom is -0.480 e. The third-order valence-corrected chi connectivity index (χ3v) is 5.78. The number of rotatable bonds is 6. The lowest BCUT2D eigenvalue weighted by Gasteiger charge is -2.55. The van der Waals surface area contributed by atoms with Crippen LogP contribution in [0.2, 0.25) is 0 Å². The monoisotopic (exact) mass is 291 g/mol. The summed E-state index contributed by atoms with van der Waals surface area (Å²) >= 11 is 0. The number of allylic oxidation sites excluding steroid dienone is 1. The van der Waals surface area contributed by atoms with E-state index in [1.54, 1.807) is 6.08 Å². The summed E-state index contributed by atoms with van der Waals surface area (Å²) in [6, 6.07) is -0.775. The quantitative estimate of drug-likeness (QED) is 0.739. The Labute approximate surface area is 126 Å². The molecule has 116 valence electrons. The van der Waals surface area contributed by atoms with Gasteiger partial charge in [0.2, 0.25) is 5.91 Å². The highest BCUT2D eigenvalue weighted by atomic mass is 16.4. The molecule has 4 aliphatic carbocycles. The van der Waals surface area contributed by atoms with E-state index in [2.05, 4.69) is 11.9 Å². The van der Waals surface area contributed by atoms with Gasteiger partial charge in [0, 0.05) is 5.41 Å². The van der Waals surface area contributed by atoms with Crippen molar-refractivity contribution >= 4 is 11.9 Å². The maximum Gasteiger partial charge on any atom is 0.326 e. The summed E-state index contributed by atoms with van der Waals surface area (Å²) < 4.78 is 0. The van der Waals surface area contributed by atoms with Crippen LogP contribution < -0.4 is 5.32 Å². The van der Waals surface area contributed by atoms with Crippen molar-refractivity contribution in [2.24, 2.45) is 23.2 Å². The number of aliphatic carboxylic acids is 1. The molecule has 0 aromatic carbocycles. The van der Waals surface area contributed by atoms with Crippen molar-refractivity contribution in [2.75, 3.05) is 0 Å². The summed E-state index contributed by atoms with van der Waals surface area (Å²) in [5, 5.41) is 12.1. The second-order valence-corrected chi connectivity index (χ2v) is 7.43. The molecule has 4 bridgehead atoms. The van der Waals surface area contributed by atoms with E-state index in [9.17, 15) is 14.7 Å². The molecule has 0 aliphatic heterocycles. The Morgan fingerprint density at radius 1 is 1.19 bits per heavy atom. The van der Waals surface area contributed by atoms with E-state index in [1.807, 2.05) is 0 Å². The van der Waals surface area contributed by atoms with Gasteiger partial charge in [-0.1, -0.05) is 6.08 Å². The maximum atomic E-state index is 12.8. The zero-order valence-corrected chi connectivity index (χ0v) is 12.5. The molecule has 4 aliphatic rings. The highest BCUT2D eigenvalue weighted by molar-refractivity contribution is 5.87. The van der Waals surface area contributed by atoms with Crippen LogP contribution in [-0.2, 0) is 9.59 Å². The molecule has 4 rings (SSSR count). The average molecular weight is 291 g/mol. The van der Waals surface area contributed by atoms with Crippen molar-refractivity contribution in [2.45, 2.75) is 57.4 Å². The average Bonchev–Trinajstić information content (AvgIpc) is 2.41. The molecule has 0 spiro atoms. The molecule has 0 heterocycles. The minimum atomic E-state index is -0.935. The topological polar surface area (TPSA) is 66.4 Å². The molecule has 1 amide bonds. The van der Waals surface area contributed by atoms with Crippen LogP contribution in [0.5, 0.6) is 0 Å². The van der Waals surface area contributed by atoms with E-state index in [1.165, 1.54) is 19.3 Å². The normalized spacial score (nSPS) is 38.0. The van der Waals surface area contributed by atoms with E-state index in [0.717, 1.165) is 19.3 Å². The van der Waals surface area contributed by atoms with Gasteiger partial charge in [0.05, 0.1) is 0 Å². The van der Waals surface area contributed by atoms with Gasteiger partial charge < -0.3 is 10.4 Å². The molecule has 2 N–H and O–H groups in total. The number of carbonyl (C=O) groups is 2. The summed E-state index contributed by atoms with van der Waals surface area (Å²) in [4.78, 5) is 24.1. The first-order chi connectivity index (χ1) is 10.0. The van der Waals surface area contributed by atoms with E-state index >= 15 is 0 Å². The van der Waals surface area contributed by atoms with E-state index < -0.39 is 12.0 Å². The van der Waals surface area contributed by atoms with E-state index in [0.29, 0.717) is 30.6 Å². The van der Waals surface area contributed by atoms with Crippen LogP contribution in [0, 0.1) is 23.2 Å². The first kappa shape index (κ1) is 14.6. The fourth-order valence-electron chi connectivity index (χ4n) is 5.24. The fraction of sp³-hybridized carbons (Fsp3) is 0.765. The van der Waals surface area contributed by atoms with Crippen LogP contribution >= 0.6 is 0 Å². The third kappa shape index (κ3) is 2.72. The molecule has 4 nitrogen and oxygen atoms in total. The SMILES string of the molecule is C=CCC[C@@H](NC(=O)C12CC3CC(CC(C3)C1)C2)C(=O)O. The van der Waals surface area contributed by atoms with Gasteiger partial charge in [-0.25, -0.2) is 4.79 Å². The van der Waals surface area contributed by atoms with Gasteiger partial charge in [-0.15, -0.1) is 6.58 Å². The minimum absolute atomic E-state index is 0.00179. The highest BCUT2D eigenvalue weighted by Crippen LogP contribution is 2.60. The molecule has 21 heavy (non-hydrogen) atoms. The molecule has 0 saturated heterocycles. The molecule has 0 aromatic rings. The van der Waals surface area contributed by atoms with E-state index in [-0.39, 0.29) is 11.3 Å². The lowest BCUT2D eigenvalue weighted by Crippen LogP contribution is -2.56. The maximum absolute atomic E-state index is 12.8. The number of nitrogens with one attached hydrogen (secondary N) is 1. The second kappa shape index (κ2) is 5.47. The smallest absolute Gasteiger partial charge is 0.326 e. The van der Waals surface area contributed by atoms with Gasteiger partial charge in [-0.2, -0.15) is 0 Å². The molecular formula is C17H25NO3.